The van der Waals surface area contributed by atoms with Gasteiger partial charge in [0.1, 0.15) is 5.75 Å². The summed E-state index contributed by atoms with van der Waals surface area (Å²) in [6, 6.07) is 8.17. The minimum absolute atomic E-state index is 0.371. The second kappa shape index (κ2) is 6.21. The monoisotopic (exact) mass is 248 g/mol. The second-order valence-corrected chi connectivity index (χ2v) is 5.21. The molecular formula is C15H24N2O. The first-order valence-electron chi connectivity index (χ1n) is 6.96. The lowest BCUT2D eigenvalue weighted by atomic mass is 9.90. The van der Waals surface area contributed by atoms with Crippen molar-refractivity contribution in [1.82, 2.24) is 10.2 Å². The number of benzene rings is 1. The number of phenolic OH excluding ortho intramolecular Hbond substituents is 1. The van der Waals surface area contributed by atoms with Crippen LogP contribution in [-0.4, -0.2) is 36.2 Å². The summed E-state index contributed by atoms with van der Waals surface area (Å²) < 4.78 is 0. The van der Waals surface area contributed by atoms with Crippen molar-refractivity contribution in [3.05, 3.63) is 29.8 Å². The fourth-order valence-corrected chi connectivity index (χ4v) is 2.79. The van der Waals surface area contributed by atoms with Crippen LogP contribution in [0.15, 0.2) is 24.3 Å². The van der Waals surface area contributed by atoms with Crippen molar-refractivity contribution in [3.63, 3.8) is 0 Å². The van der Waals surface area contributed by atoms with E-state index in [2.05, 4.69) is 30.1 Å². The van der Waals surface area contributed by atoms with Crippen LogP contribution in [0.5, 0.6) is 5.75 Å². The van der Waals surface area contributed by atoms with E-state index in [0.717, 1.165) is 32.6 Å². The molecule has 2 atom stereocenters. The van der Waals surface area contributed by atoms with Crippen LogP contribution < -0.4 is 5.32 Å². The van der Waals surface area contributed by atoms with Gasteiger partial charge < -0.3 is 10.4 Å². The molecule has 1 aromatic rings. The van der Waals surface area contributed by atoms with E-state index < -0.39 is 0 Å². The highest BCUT2D eigenvalue weighted by atomic mass is 16.3. The van der Waals surface area contributed by atoms with Gasteiger partial charge in [0.25, 0.3) is 0 Å². The SMILES string of the molecule is CCC(C)[C@@H](c1cccc(O)c1)N1CCNCC1. The smallest absolute Gasteiger partial charge is 0.115 e. The summed E-state index contributed by atoms with van der Waals surface area (Å²) in [5.41, 5.74) is 1.24. The predicted molar refractivity (Wildman–Crippen MR) is 74.7 cm³/mol. The summed E-state index contributed by atoms with van der Waals surface area (Å²) in [4.78, 5) is 2.54. The van der Waals surface area contributed by atoms with Crippen LogP contribution in [-0.2, 0) is 0 Å². The third-order valence-electron chi connectivity index (χ3n) is 3.94. The molecule has 2 N–H and O–H groups in total. The second-order valence-electron chi connectivity index (χ2n) is 5.21. The average Bonchev–Trinajstić information content (AvgIpc) is 2.40. The van der Waals surface area contributed by atoms with Gasteiger partial charge in [-0.25, -0.2) is 0 Å². The maximum absolute atomic E-state index is 9.68. The molecule has 0 radical (unpaired) electrons. The van der Waals surface area contributed by atoms with Gasteiger partial charge >= 0.3 is 0 Å². The first-order valence-corrected chi connectivity index (χ1v) is 6.96. The third-order valence-corrected chi connectivity index (χ3v) is 3.94. The van der Waals surface area contributed by atoms with Gasteiger partial charge in [0.15, 0.2) is 0 Å². The number of rotatable bonds is 4. The molecule has 1 unspecified atom stereocenters. The molecular weight excluding hydrogens is 224 g/mol. The Bertz CT molecular complexity index is 375. The number of hydrogen-bond acceptors (Lipinski definition) is 3. The Hall–Kier alpha value is -1.06. The van der Waals surface area contributed by atoms with Crippen LogP contribution in [0.3, 0.4) is 0 Å². The van der Waals surface area contributed by atoms with E-state index in [9.17, 15) is 5.11 Å². The number of phenols is 1. The van der Waals surface area contributed by atoms with Gasteiger partial charge in [0.05, 0.1) is 0 Å². The standard InChI is InChI=1S/C15H24N2O/c1-3-12(2)15(17-9-7-16-8-10-17)13-5-4-6-14(18)11-13/h4-6,11-12,15-16,18H,3,7-10H2,1-2H3/t12?,15-/m0/s1. The lowest BCUT2D eigenvalue weighted by Gasteiger charge is -2.38. The fourth-order valence-electron chi connectivity index (χ4n) is 2.79. The summed E-state index contributed by atoms with van der Waals surface area (Å²) in [6.07, 6.45) is 1.16. The molecule has 1 aliphatic rings. The average molecular weight is 248 g/mol. The third kappa shape index (κ3) is 3.03. The van der Waals surface area contributed by atoms with Crippen molar-refractivity contribution >= 4 is 0 Å². The van der Waals surface area contributed by atoms with Gasteiger partial charge in [-0.1, -0.05) is 32.4 Å². The highest BCUT2D eigenvalue weighted by Gasteiger charge is 2.26. The quantitative estimate of drug-likeness (QED) is 0.859. The van der Waals surface area contributed by atoms with Crippen molar-refractivity contribution in [2.45, 2.75) is 26.3 Å². The highest BCUT2D eigenvalue weighted by molar-refractivity contribution is 5.30. The molecule has 3 nitrogen and oxygen atoms in total. The molecule has 0 saturated carbocycles. The molecule has 3 heteroatoms. The largest absolute Gasteiger partial charge is 0.508 e. The van der Waals surface area contributed by atoms with Crippen molar-refractivity contribution in [2.24, 2.45) is 5.92 Å². The number of hydrogen-bond donors (Lipinski definition) is 2. The zero-order chi connectivity index (χ0) is 13.0. The van der Waals surface area contributed by atoms with Gasteiger partial charge in [-0.05, 0) is 23.6 Å². The maximum atomic E-state index is 9.68. The van der Waals surface area contributed by atoms with Crippen LogP contribution in [0.25, 0.3) is 0 Å². The molecule has 1 fully saturated rings. The number of aromatic hydroxyl groups is 1. The molecule has 0 bridgehead atoms. The first-order chi connectivity index (χ1) is 8.72. The van der Waals surface area contributed by atoms with E-state index in [4.69, 9.17) is 0 Å². The number of piperazine rings is 1. The van der Waals surface area contributed by atoms with Crippen molar-refractivity contribution in [2.75, 3.05) is 26.2 Å². The summed E-state index contributed by atoms with van der Waals surface area (Å²) >= 11 is 0. The van der Waals surface area contributed by atoms with Crippen LogP contribution in [0.2, 0.25) is 0 Å². The summed E-state index contributed by atoms with van der Waals surface area (Å²) in [7, 11) is 0. The molecule has 0 amide bonds. The fraction of sp³-hybridized carbons (Fsp3) is 0.600. The molecule has 0 aliphatic carbocycles. The number of nitrogens with one attached hydrogen (secondary N) is 1. The molecule has 1 heterocycles. The number of nitrogens with zero attached hydrogens (tertiary/aromatic N) is 1. The highest BCUT2D eigenvalue weighted by Crippen LogP contribution is 2.32. The topological polar surface area (TPSA) is 35.5 Å². The lowest BCUT2D eigenvalue weighted by molar-refractivity contribution is 0.128. The summed E-state index contributed by atoms with van der Waals surface area (Å²) in [5.74, 6) is 0.973. The Morgan fingerprint density at radius 3 is 2.67 bits per heavy atom. The van der Waals surface area contributed by atoms with Gasteiger partial charge in [0, 0.05) is 32.2 Å². The van der Waals surface area contributed by atoms with Crippen LogP contribution >= 0.6 is 0 Å². The lowest BCUT2D eigenvalue weighted by Crippen LogP contribution is -2.46. The van der Waals surface area contributed by atoms with E-state index in [1.165, 1.54) is 5.56 Å². The van der Waals surface area contributed by atoms with Crippen molar-refractivity contribution in [1.29, 1.82) is 0 Å². The van der Waals surface area contributed by atoms with Gasteiger partial charge in [-0.3, -0.25) is 4.90 Å². The molecule has 1 aromatic carbocycles. The normalized spacial score (nSPS) is 20.6. The van der Waals surface area contributed by atoms with Crippen LogP contribution in [0.4, 0.5) is 0 Å². The minimum atomic E-state index is 0.371. The Balaban J connectivity index is 2.23. The summed E-state index contributed by atoms with van der Waals surface area (Å²) in [6.45, 7) is 8.84. The minimum Gasteiger partial charge on any atom is -0.508 e. The Labute approximate surface area is 110 Å². The maximum Gasteiger partial charge on any atom is 0.115 e. The molecule has 100 valence electrons. The summed E-state index contributed by atoms with van der Waals surface area (Å²) in [5, 5.41) is 13.1. The Morgan fingerprint density at radius 1 is 1.33 bits per heavy atom. The zero-order valence-corrected chi connectivity index (χ0v) is 11.4. The van der Waals surface area contributed by atoms with Crippen LogP contribution in [0.1, 0.15) is 31.9 Å². The van der Waals surface area contributed by atoms with E-state index in [1.54, 1.807) is 6.07 Å². The molecule has 18 heavy (non-hydrogen) atoms. The molecule has 0 spiro atoms. The molecule has 1 aliphatic heterocycles. The molecule has 2 rings (SSSR count). The van der Waals surface area contributed by atoms with E-state index >= 15 is 0 Å². The van der Waals surface area contributed by atoms with Crippen molar-refractivity contribution in [3.8, 4) is 5.75 Å². The van der Waals surface area contributed by atoms with Gasteiger partial charge in [0.2, 0.25) is 0 Å². The Morgan fingerprint density at radius 2 is 2.06 bits per heavy atom. The molecule has 0 aromatic heterocycles. The Kier molecular flexibility index (Phi) is 4.61. The first kappa shape index (κ1) is 13.4. The van der Waals surface area contributed by atoms with Crippen molar-refractivity contribution < 1.29 is 5.11 Å². The van der Waals surface area contributed by atoms with E-state index in [-0.39, 0.29) is 0 Å². The van der Waals surface area contributed by atoms with E-state index in [1.807, 2.05) is 12.1 Å². The van der Waals surface area contributed by atoms with Gasteiger partial charge in [-0.15, -0.1) is 0 Å². The van der Waals surface area contributed by atoms with E-state index in [0.29, 0.717) is 17.7 Å². The van der Waals surface area contributed by atoms with Crippen LogP contribution in [0, 0.1) is 5.92 Å². The van der Waals surface area contributed by atoms with Gasteiger partial charge in [-0.2, -0.15) is 0 Å². The molecule has 1 saturated heterocycles. The zero-order valence-electron chi connectivity index (χ0n) is 11.4. The predicted octanol–water partition coefficient (Wildman–Crippen LogP) is 2.38.